The van der Waals surface area contributed by atoms with Crippen LogP contribution >= 0.6 is 28.3 Å². The van der Waals surface area contributed by atoms with Crippen molar-refractivity contribution in [2.45, 2.75) is 230 Å². The van der Waals surface area contributed by atoms with Gasteiger partial charge in [-0.15, -0.1) is 12.4 Å². The maximum atomic E-state index is 11.6. The molecule has 2 amide bonds. The van der Waals surface area contributed by atoms with E-state index in [9.17, 15) is 27.9 Å². The fourth-order valence-corrected chi connectivity index (χ4v) is 12.1. The maximum Gasteiger partial charge on any atom is 0.407 e. The zero-order valence-corrected chi connectivity index (χ0v) is 69.0. The number of carbonyl (C=O) groups is 3. The molecule has 0 bridgehead atoms. The zero-order chi connectivity index (χ0) is 76.4. The Balaban J connectivity index is 0. The number of benzene rings is 4. The van der Waals surface area contributed by atoms with Crippen molar-refractivity contribution in [1.82, 2.24) is 10.6 Å². The van der Waals surface area contributed by atoms with Gasteiger partial charge in [0.1, 0.15) is 70.4 Å². The van der Waals surface area contributed by atoms with Gasteiger partial charge in [0.2, 0.25) is 0 Å². The van der Waals surface area contributed by atoms with Crippen molar-refractivity contribution in [2.24, 2.45) is 29.4 Å². The Morgan fingerprint density at radius 2 is 0.788 bits per heavy atom. The number of rotatable bonds is 22. The quantitative estimate of drug-likeness (QED) is 0.0126. The van der Waals surface area contributed by atoms with Gasteiger partial charge < -0.3 is 87.1 Å². The number of aliphatic hydroxyl groups excluding tert-OH is 1. The number of hydrogen-bond donors (Lipinski definition) is 7. The second-order valence-corrected chi connectivity index (χ2v) is 30.5. The van der Waals surface area contributed by atoms with Crippen LogP contribution < -0.4 is 52.5 Å². The number of ether oxygens (including phenoxy) is 8. The molecule has 8 rings (SSSR count). The molecule has 0 spiro atoms. The van der Waals surface area contributed by atoms with Crippen molar-refractivity contribution < 1.29 is 97.7 Å². The van der Waals surface area contributed by atoms with Crippen LogP contribution in [0.1, 0.15) is 213 Å². The number of nitrogens with two attached hydrogens (primary N) is 1. The topological polar surface area (TPSA) is 299 Å². The molecule has 0 heterocycles. The molecule has 0 aliphatic heterocycles. The lowest BCUT2D eigenvalue weighted by atomic mass is 9.90. The third-order valence-electron chi connectivity index (χ3n) is 15.5. The standard InChI is InChI=1S/C21H33NO4.C16H25NO2.C14H20O2.C8H17NO5S.C7H13Br.C7H8O2.C4H8O2.C2H6O.2ClH/c1-16-12-18(24-11-10-22-20(23)26-21(2,3)4)14-19(13-16)25-15-17-8-6-5-7-9-17;1-13-9-15(18-8-7-17)11-16(10-13)19-12-14-5-3-2-4-6-14;1-11-7-13(15)9-14(8-11)16-10-12-5-3-2-4-6-12;1-8(2,3)14-7(10)9-5-6-13-15(4,11)12;8-6-7-4-2-1-3-5-7;1-5-2-6(8)4-7(9)3-5;1-3-6-4(2)5;1-2-3;;/h12-14,17H,5-11,15H2,1-4H3,(H,22,23);9-11,14H,2-8,12,17H2,1H3;7-9,12,15H,2-6,10H2,1H3;5-6H2,1-4H3,(H,9,10);7H,1-6H2;2-4,8-9H,1H3;3H2,1-2H3;3H,2H2,1H3;2*1H/p-1. The molecule has 598 valence electrons. The van der Waals surface area contributed by atoms with Crippen LogP contribution in [-0.4, -0.2) is 142 Å². The number of aryl methyl sites for hydroxylation is 4. The first-order chi connectivity index (χ1) is 48.2. The highest BCUT2D eigenvalue weighted by Gasteiger charge is 2.20. The lowest BCUT2D eigenvalue weighted by molar-refractivity contribution is -0.140. The molecule has 0 aromatic heterocycles. The summed E-state index contributed by atoms with van der Waals surface area (Å²) < 4.78 is 69.0. The third-order valence-corrected chi connectivity index (χ3v) is 17.1. The summed E-state index contributed by atoms with van der Waals surface area (Å²) in [6.07, 6.45) is 27.1. The minimum atomic E-state index is -3.45. The molecule has 4 aromatic carbocycles. The molecule has 4 fully saturated rings. The zero-order valence-electron chi connectivity index (χ0n) is 65.0. The maximum absolute atomic E-state index is 11.6. The van der Waals surface area contributed by atoms with Gasteiger partial charge in [-0.2, -0.15) is 8.42 Å². The first-order valence-corrected chi connectivity index (χ1v) is 39.6. The van der Waals surface area contributed by atoms with E-state index in [2.05, 4.69) is 48.5 Å². The number of phenols is 3. The van der Waals surface area contributed by atoms with Crippen molar-refractivity contribution >= 4 is 56.6 Å². The molecule has 4 saturated carbocycles. The molecular formula is C79H131BrCl2N3O18S-. The van der Waals surface area contributed by atoms with Gasteiger partial charge in [-0.25, -0.2) is 9.59 Å². The molecule has 4 aromatic rings. The van der Waals surface area contributed by atoms with Crippen molar-refractivity contribution in [3.8, 4) is 46.0 Å². The fourth-order valence-electron chi connectivity index (χ4n) is 11.0. The Bertz CT molecular complexity index is 2930. The van der Waals surface area contributed by atoms with Crippen molar-refractivity contribution in [2.75, 3.05) is 84.1 Å². The van der Waals surface area contributed by atoms with E-state index >= 15 is 0 Å². The highest BCUT2D eigenvalue weighted by molar-refractivity contribution is 9.09. The van der Waals surface area contributed by atoms with Crippen molar-refractivity contribution in [1.29, 1.82) is 0 Å². The van der Waals surface area contributed by atoms with Gasteiger partial charge in [0.25, 0.3) is 10.1 Å². The summed E-state index contributed by atoms with van der Waals surface area (Å²) in [5.41, 5.74) is 8.54. The molecule has 0 atom stereocenters. The normalized spacial score (nSPS) is 14.5. The van der Waals surface area contributed by atoms with Crippen LogP contribution in [-0.2, 0) is 33.3 Å². The van der Waals surface area contributed by atoms with E-state index in [0.717, 1.165) is 88.9 Å². The fraction of sp³-hybridized carbons (Fsp3) is 0.658. The molecule has 4 aliphatic carbocycles. The second-order valence-electron chi connectivity index (χ2n) is 28.2. The Labute approximate surface area is 645 Å². The SMILES string of the molecule is BrCC1CCCCC1.CC(C)(C)OC(=O)NCCOS(C)(=O)=O.CCO.CCOC(C)=O.Cc1cc(O)cc(O)c1.Cc1cc(O)cc(OCC2CCCCC2)c1.Cc1cc(OCCN)cc(OCC2CCCCC2)c1.Cc1cc(OCCNC(=O)OC(C)(C)C)cc(OCC2CCCCC2)c1.Cl.[Cl-]. The van der Waals surface area contributed by atoms with E-state index in [1.807, 2.05) is 71.0 Å². The van der Waals surface area contributed by atoms with Gasteiger partial charge in [0, 0.05) is 56.2 Å². The van der Waals surface area contributed by atoms with Crippen LogP contribution in [0, 0.1) is 51.4 Å². The van der Waals surface area contributed by atoms with Crippen LogP contribution in [0.5, 0.6) is 46.0 Å². The Kier molecular flexibility index (Phi) is 56.2. The summed E-state index contributed by atoms with van der Waals surface area (Å²) in [7, 11) is -3.45. The van der Waals surface area contributed by atoms with E-state index in [4.69, 9.17) is 54.2 Å². The van der Waals surface area contributed by atoms with Crippen LogP contribution in [0.15, 0.2) is 72.8 Å². The molecule has 0 saturated heterocycles. The number of nitrogens with one attached hydrogen (secondary N) is 2. The smallest absolute Gasteiger partial charge is 0.407 e. The average Bonchev–Trinajstić information content (AvgIpc) is 0.879. The van der Waals surface area contributed by atoms with Gasteiger partial charge in [0.15, 0.2) is 0 Å². The van der Waals surface area contributed by atoms with Crippen LogP contribution in [0.3, 0.4) is 0 Å². The van der Waals surface area contributed by atoms with E-state index in [0.29, 0.717) is 50.5 Å². The molecule has 25 heteroatoms. The number of alkyl halides is 1. The third kappa shape index (κ3) is 57.4. The highest BCUT2D eigenvalue weighted by atomic mass is 79.9. The number of halogens is 3. The molecule has 0 unspecified atom stereocenters. The highest BCUT2D eigenvalue weighted by Crippen LogP contribution is 2.31. The lowest BCUT2D eigenvalue weighted by Crippen LogP contribution is -3.00. The molecule has 21 nitrogen and oxygen atoms in total. The van der Waals surface area contributed by atoms with Gasteiger partial charge in [0.05, 0.1) is 45.8 Å². The second kappa shape index (κ2) is 58.3. The number of aromatic hydroxyl groups is 3. The molecular weight excluding hydrogens is 1460 g/mol. The van der Waals surface area contributed by atoms with Crippen LogP contribution in [0.4, 0.5) is 9.59 Å². The number of carbonyl (C=O) groups excluding carboxylic acids is 3. The average molecular weight is 1590 g/mol. The predicted octanol–water partition coefficient (Wildman–Crippen LogP) is 14.7. The number of amides is 2. The van der Waals surface area contributed by atoms with E-state index in [1.165, 1.54) is 147 Å². The van der Waals surface area contributed by atoms with Crippen molar-refractivity contribution in [3.05, 3.63) is 95.1 Å². The summed E-state index contributed by atoms with van der Waals surface area (Å²) >= 11 is 3.51. The Hall–Kier alpha value is -5.82. The van der Waals surface area contributed by atoms with Gasteiger partial charge in [-0.3, -0.25) is 8.98 Å². The van der Waals surface area contributed by atoms with E-state index < -0.39 is 33.5 Å². The molecule has 8 N–H and O–H groups in total. The summed E-state index contributed by atoms with van der Waals surface area (Å²) in [5.74, 6) is 7.57. The lowest BCUT2D eigenvalue weighted by Gasteiger charge is -2.22. The van der Waals surface area contributed by atoms with E-state index in [1.54, 1.807) is 65.8 Å². The van der Waals surface area contributed by atoms with Gasteiger partial charge >= 0.3 is 18.2 Å². The summed E-state index contributed by atoms with van der Waals surface area (Å²) in [6.45, 7) is 28.4. The Morgan fingerprint density at radius 1 is 0.490 bits per heavy atom. The number of phenolic OH excluding ortho intramolecular Hbond substituents is 3. The number of aliphatic hydroxyl groups is 1. The monoisotopic (exact) mass is 1590 g/mol. The summed E-state index contributed by atoms with van der Waals surface area (Å²) in [4.78, 5) is 32.5. The number of alkyl carbamates (subject to hydrolysis) is 2. The summed E-state index contributed by atoms with van der Waals surface area (Å²) in [6, 6.07) is 21.9. The molecule has 4 aliphatic rings. The van der Waals surface area contributed by atoms with Crippen LogP contribution in [0.25, 0.3) is 0 Å². The van der Waals surface area contributed by atoms with Crippen LogP contribution in [0.2, 0.25) is 0 Å². The predicted molar refractivity (Wildman–Crippen MR) is 418 cm³/mol. The minimum Gasteiger partial charge on any atom is -1.00 e. The van der Waals surface area contributed by atoms with Crippen molar-refractivity contribution in [3.63, 3.8) is 0 Å². The Morgan fingerprint density at radius 3 is 1.07 bits per heavy atom. The number of hydrogen-bond acceptors (Lipinski definition) is 19. The summed E-state index contributed by atoms with van der Waals surface area (Å²) in [5, 5.41) is 41.0. The number of esters is 1. The first-order valence-electron chi connectivity index (χ1n) is 36.7. The van der Waals surface area contributed by atoms with E-state index in [-0.39, 0.29) is 62.0 Å². The van der Waals surface area contributed by atoms with Gasteiger partial charge in [-0.1, -0.05) is 93.0 Å². The van der Waals surface area contributed by atoms with Gasteiger partial charge in [-0.05, 0) is 229 Å². The molecule has 104 heavy (non-hydrogen) atoms. The minimum absolute atomic E-state index is 0. The first kappa shape index (κ1) is 100. The molecule has 0 radical (unpaired) electrons. The largest absolute Gasteiger partial charge is 1.00 e.